The van der Waals surface area contributed by atoms with Gasteiger partial charge in [0.15, 0.2) is 5.96 Å². The predicted molar refractivity (Wildman–Crippen MR) is 143 cm³/mol. The maximum atomic E-state index is 9.48. The number of aliphatic hydroxyl groups excluding tert-OH is 1. The molecule has 32 heavy (non-hydrogen) atoms. The third-order valence-electron chi connectivity index (χ3n) is 6.95. The Morgan fingerprint density at radius 3 is 2.59 bits per heavy atom. The van der Waals surface area contributed by atoms with Gasteiger partial charge in [-0.3, -0.25) is 4.90 Å². The molecule has 6 nitrogen and oxygen atoms in total. The molecule has 1 saturated carbocycles. The highest BCUT2D eigenvalue weighted by Crippen LogP contribution is 2.31. The second-order valence-electron chi connectivity index (χ2n) is 9.30. The molecule has 0 radical (unpaired) electrons. The van der Waals surface area contributed by atoms with Crippen molar-refractivity contribution in [3.8, 4) is 0 Å². The van der Waals surface area contributed by atoms with Crippen molar-refractivity contribution in [2.75, 3.05) is 40.0 Å². The summed E-state index contributed by atoms with van der Waals surface area (Å²) in [7, 11) is 2.27. The fraction of sp³-hybridized carbons (Fsp3) is 0.720. The summed E-state index contributed by atoms with van der Waals surface area (Å²) in [5.74, 6) is 0.835. The molecule has 0 spiro atoms. The molecule has 1 saturated heterocycles. The molecule has 1 aliphatic carbocycles. The largest absolute Gasteiger partial charge is 0.396 e. The summed E-state index contributed by atoms with van der Waals surface area (Å²) in [5.41, 5.74) is 2.67. The van der Waals surface area contributed by atoms with Gasteiger partial charge in [-0.1, -0.05) is 43.5 Å². The smallest absolute Gasteiger partial charge is 0.191 e. The molecule has 1 aliphatic heterocycles. The van der Waals surface area contributed by atoms with E-state index < -0.39 is 0 Å². The quantitative estimate of drug-likeness (QED) is 0.231. The first-order chi connectivity index (χ1) is 15.2. The molecule has 0 aromatic heterocycles. The van der Waals surface area contributed by atoms with Crippen LogP contribution in [0.5, 0.6) is 0 Å². The number of nitrogens with one attached hydrogen (secondary N) is 2. The molecular weight excluding hydrogens is 515 g/mol. The van der Waals surface area contributed by atoms with Gasteiger partial charge in [-0.2, -0.15) is 0 Å². The van der Waals surface area contributed by atoms with Crippen LogP contribution >= 0.6 is 24.0 Å². The summed E-state index contributed by atoms with van der Waals surface area (Å²) in [6.07, 6.45) is 8.51. The van der Waals surface area contributed by atoms with Gasteiger partial charge in [-0.05, 0) is 50.8 Å². The SMILES string of the molecule is CCNC(=NCc1ccccc1CN(C)C1CCCCC1)NCC1(CCO)CCOC1.I. The van der Waals surface area contributed by atoms with E-state index in [2.05, 4.69) is 53.8 Å². The van der Waals surface area contributed by atoms with Gasteiger partial charge in [-0.25, -0.2) is 4.99 Å². The zero-order valence-electron chi connectivity index (χ0n) is 19.9. The molecular formula is C25H43IN4O2. The summed E-state index contributed by atoms with van der Waals surface area (Å²) in [6, 6.07) is 9.41. The third-order valence-corrected chi connectivity index (χ3v) is 6.95. The van der Waals surface area contributed by atoms with Gasteiger partial charge < -0.3 is 20.5 Å². The van der Waals surface area contributed by atoms with Crippen molar-refractivity contribution < 1.29 is 9.84 Å². The lowest BCUT2D eigenvalue weighted by Gasteiger charge is -2.31. The van der Waals surface area contributed by atoms with Crippen molar-refractivity contribution in [2.45, 2.75) is 71.0 Å². The van der Waals surface area contributed by atoms with E-state index in [0.717, 1.165) is 45.0 Å². The Balaban J connectivity index is 0.00000363. The Bertz CT molecular complexity index is 688. The zero-order valence-corrected chi connectivity index (χ0v) is 22.3. The molecule has 1 aromatic carbocycles. The highest BCUT2D eigenvalue weighted by Gasteiger charge is 2.34. The third kappa shape index (κ3) is 8.15. The van der Waals surface area contributed by atoms with E-state index in [0.29, 0.717) is 19.2 Å². The molecule has 7 heteroatoms. The highest BCUT2D eigenvalue weighted by molar-refractivity contribution is 14.0. The predicted octanol–water partition coefficient (Wildman–Crippen LogP) is 3.91. The van der Waals surface area contributed by atoms with Gasteiger partial charge in [0.25, 0.3) is 0 Å². The molecule has 3 N–H and O–H groups in total. The Morgan fingerprint density at radius 1 is 1.19 bits per heavy atom. The summed E-state index contributed by atoms with van der Waals surface area (Å²) in [4.78, 5) is 7.42. The monoisotopic (exact) mass is 558 g/mol. The molecule has 0 bridgehead atoms. The van der Waals surface area contributed by atoms with E-state index in [4.69, 9.17) is 9.73 Å². The number of hydrogen-bond acceptors (Lipinski definition) is 4. The lowest BCUT2D eigenvalue weighted by Crippen LogP contribution is -2.44. The lowest BCUT2D eigenvalue weighted by molar-refractivity contribution is 0.127. The van der Waals surface area contributed by atoms with Crippen molar-refractivity contribution in [2.24, 2.45) is 10.4 Å². The second kappa shape index (κ2) is 14.4. The number of halogens is 1. The average Bonchev–Trinajstić information content (AvgIpc) is 3.26. The van der Waals surface area contributed by atoms with Crippen LogP contribution in [-0.2, 0) is 17.8 Å². The maximum Gasteiger partial charge on any atom is 0.191 e. The topological polar surface area (TPSA) is 69.1 Å². The van der Waals surface area contributed by atoms with Crippen LogP contribution < -0.4 is 10.6 Å². The van der Waals surface area contributed by atoms with Crippen LogP contribution in [0.4, 0.5) is 0 Å². The molecule has 1 aromatic rings. The highest BCUT2D eigenvalue weighted by atomic mass is 127. The molecule has 1 heterocycles. The zero-order chi connectivity index (χ0) is 21.9. The second-order valence-corrected chi connectivity index (χ2v) is 9.30. The summed E-state index contributed by atoms with van der Waals surface area (Å²) < 4.78 is 5.62. The van der Waals surface area contributed by atoms with Crippen molar-refractivity contribution in [1.82, 2.24) is 15.5 Å². The van der Waals surface area contributed by atoms with E-state index in [1.54, 1.807) is 0 Å². The van der Waals surface area contributed by atoms with Gasteiger partial charge in [0.1, 0.15) is 0 Å². The van der Waals surface area contributed by atoms with E-state index in [-0.39, 0.29) is 36.0 Å². The van der Waals surface area contributed by atoms with Crippen LogP contribution in [0.1, 0.15) is 63.0 Å². The van der Waals surface area contributed by atoms with Crippen LogP contribution in [-0.4, -0.2) is 62.0 Å². The van der Waals surface area contributed by atoms with Crippen molar-refractivity contribution >= 4 is 29.9 Å². The van der Waals surface area contributed by atoms with Crippen LogP contribution in [0.2, 0.25) is 0 Å². The van der Waals surface area contributed by atoms with Crippen LogP contribution in [0.15, 0.2) is 29.3 Å². The normalized spacial score (nSPS) is 22.1. The van der Waals surface area contributed by atoms with Gasteiger partial charge in [0.2, 0.25) is 0 Å². The average molecular weight is 559 g/mol. The fourth-order valence-electron chi connectivity index (χ4n) is 4.87. The Kier molecular flexibility index (Phi) is 12.3. The molecule has 3 rings (SSSR count). The lowest BCUT2D eigenvalue weighted by atomic mass is 9.84. The van der Waals surface area contributed by atoms with Crippen molar-refractivity contribution in [1.29, 1.82) is 0 Å². The number of benzene rings is 1. The van der Waals surface area contributed by atoms with Gasteiger partial charge in [0, 0.05) is 44.3 Å². The van der Waals surface area contributed by atoms with E-state index >= 15 is 0 Å². The molecule has 2 aliphatic rings. The van der Waals surface area contributed by atoms with Crippen LogP contribution in [0.3, 0.4) is 0 Å². The van der Waals surface area contributed by atoms with E-state index in [9.17, 15) is 5.11 Å². The number of aliphatic imine (C=N–C) groups is 1. The maximum absolute atomic E-state index is 9.48. The summed E-state index contributed by atoms with van der Waals surface area (Å²) in [6.45, 7) is 7.00. The summed E-state index contributed by atoms with van der Waals surface area (Å²) in [5, 5.41) is 16.4. The van der Waals surface area contributed by atoms with E-state index in [1.165, 1.54) is 43.2 Å². The number of ether oxygens (including phenoxy) is 1. The molecule has 182 valence electrons. The number of nitrogens with zero attached hydrogens (tertiary/aromatic N) is 2. The molecule has 0 amide bonds. The minimum absolute atomic E-state index is 0. The minimum atomic E-state index is 0. The minimum Gasteiger partial charge on any atom is -0.396 e. The number of guanidine groups is 1. The first-order valence-corrected chi connectivity index (χ1v) is 12.1. The first kappa shape index (κ1) is 27.3. The Labute approximate surface area is 211 Å². The standard InChI is InChI=1S/C25H42N4O2.HI/c1-3-26-24(28-19-25(13-15-30)14-16-31-20-25)27-17-21-9-7-8-10-22(21)18-29(2)23-11-5-4-6-12-23;/h7-10,23,30H,3-6,11-20H2,1-2H3,(H2,26,27,28);1H. The number of aliphatic hydroxyl groups is 1. The summed E-state index contributed by atoms with van der Waals surface area (Å²) >= 11 is 0. The van der Waals surface area contributed by atoms with E-state index in [1.807, 2.05) is 0 Å². The fourth-order valence-corrected chi connectivity index (χ4v) is 4.87. The first-order valence-electron chi connectivity index (χ1n) is 12.1. The van der Waals surface area contributed by atoms with Crippen LogP contribution in [0, 0.1) is 5.41 Å². The Morgan fingerprint density at radius 2 is 1.94 bits per heavy atom. The molecule has 2 fully saturated rings. The Hall–Kier alpha value is -0.900. The van der Waals surface area contributed by atoms with Crippen molar-refractivity contribution in [3.63, 3.8) is 0 Å². The van der Waals surface area contributed by atoms with Crippen LogP contribution in [0.25, 0.3) is 0 Å². The molecule has 1 atom stereocenters. The molecule has 1 unspecified atom stereocenters. The van der Waals surface area contributed by atoms with Gasteiger partial charge in [-0.15, -0.1) is 24.0 Å². The number of hydrogen-bond donors (Lipinski definition) is 3. The van der Waals surface area contributed by atoms with Gasteiger partial charge in [0.05, 0.1) is 13.2 Å². The van der Waals surface area contributed by atoms with Crippen molar-refractivity contribution in [3.05, 3.63) is 35.4 Å². The number of rotatable bonds is 10. The van der Waals surface area contributed by atoms with Gasteiger partial charge >= 0.3 is 0 Å².